The lowest BCUT2D eigenvalue weighted by atomic mass is 10.2. The Morgan fingerprint density at radius 2 is 2.14 bits per heavy atom. The number of hydrogen-bond acceptors (Lipinski definition) is 6. The van der Waals surface area contributed by atoms with Crippen molar-refractivity contribution in [1.82, 2.24) is 9.88 Å². The highest BCUT2D eigenvalue weighted by Crippen LogP contribution is 2.16. The fraction of sp³-hybridized carbons (Fsp3) is 0.500. The van der Waals surface area contributed by atoms with Gasteiger partial charge in [-0.05, 0) is 25.8 Å². The van der Waals surface area contributed by atoms with E-state index in [0.717, 1.165) is 25.9 Å². The molecule has 1 amide bonds. The average Bonchev–Trinajstić information content (AvgIpc) is 3.00. The fourth-order valence-corrected chi connectivity index (χ4v) is 2.19. The van der Waals surface area contributed by atoms with Crippen LogP contribution < -0.4 is 11.1 Å². The van der Waals surface area contributed by atoms with Gasteiger partial charge in [-0.3, -0.25) is 4.79 Å². The molecule has 3 N–H and O–H groups in total. The summed E-state index contributed by atoms with van der Waals surface area (Å²) in [6.07, 6.45) is 3.49. The van der Waals surface area contributed by atoms with Crippen molar-refractivity contribution in [2.75, 3.05) is 37.3 Å². The minimum absolute atomic E-state index is 0.0313. The Labute approximate surface area is 123 Å². The van der Waals surface area contributed by atoms with Crippen molar-refractivity contribution in [2.24, 2.45) is 0 Å². The number of ether oxygens (including phenoxy) is 1. The van der Waals surface area contributed by atoms with E-state index in [-0.39, 0.29) is 30.3 Å². The number of nitrogens with one attached hydrogen (secondary N) is 1. The molecule has 1 fully saturated rings. The molecule has 7 nitrogen and oxygen atoms in total. The number of nitrogen functional groups attached to an aromatic ring is 1. The number of nitrogens with zero attached hydrogens (tertiary/aromatic N) is 2. The first-order valence-electron chi connectivity index (χ1n) is 7.06. The highest BCUT2D eigenvalue weighted by Gasteiger charge is 2.18. The number of carbonyl (C=O) groups excluding carboxylic acids is 2. The van der Waals surface area contributed by atoms with Gasteiger partial charge in [0.2, 0.25) is 5.91 Å². The van der Waals surface area contributed by atoms with Gasteiger partial charge < -0.3 is 20.7 Å². The number of likely N-dealkylation sites (tertiary alicyclic amines) is 1. The smallest absolute Gasteiger partial charge is 0.340 e. The largest absolute Gasteiger partial charge is 0.462 e. The lowest BCUT2D eigenvalue weighted by Gasteiger charge is -2.16. The molecule has 0 aliphatic carbocycles. The number of carbonyl (C=O) groups is 2. The summed E-state index contributed by atoms with van der Waals surface area (Å²) in [5, 5.41) is 2.92. The molecule has 1 aromatic heterocycles. The van der Waals surface area contributed by atoms with E-state index in [2.05, 4.69) is 10.3 Å². The van der Waals surface area contributed by atoms with Gasteiger partial charge in [-0.25, -0.2) is 9.78 Å². The van der Waals surface area contributed by atoms with E-state index in [1.165, 1.54) is 12.3 Å². The monoisotopic (exact) mass is 292 g/mol. The van der Waals surface area contributed by atoms with Gasteiger partial charge in [0.15, 0.2) is 0 Å². The van der Waals surface area contributed by atoms with E-state index >= 15 is 0 Å². The molecule has 0 unspecified atom stereocenters. The predicted molar refractivity (Wildman–Crippen MR) is 78.9 cm³/mol. The zero-order chi connectivity index (χ0) is 15.2. The van der Waals surface area contributed by atoms with Crippen LogP contribution in [0.1, 0.15) is 30.1 Å². The third-order valence-corrected chi connectivity index (χ3v) is 3.31. The van der Waals surface area contributed by atoms with E-state index in [0.29, 0.717) is 5.82 Å². The molecule has 2 heterocycles. The van der Waals surface area contributed by atoms with Gasteiger partial charge in [-0.1, -0.05) is 0 Å². The van der Waals surface area contributed by atoms with Crippen LogP contribution in [0.5, 0.6) is 0 Å². The molecule has 1 aliphatic heterocycles. The molecule has 0 aromatic carbocycles. The second-order valence-electron chi connectivity index (χ2n) is 4.82. The van der Waals surface area contributed by atoms with Crippen LogP contribution in [0.3, 0.4) is 0 Å². The number of aromatic nitrogens is 1. The first-order valence-corrected chi connectivity index (χ1v) is 7.06. The van der Waals surface area contributed by atoms with Crippen LogP contribution in [0.4, 0.5) is 11.5 Å². The first kappa shape index (κ1) is 15.1. The standard InChI is InChI=1S/C14H20N4O3/c1-2-21-14(20)10-7-12(16-8-11(10)15)17-9-13(19)18-5-3-4-6-18/h7-8H,2-6,9,15H2,1H3,(H,16,17). The fourth-order valence-electron chi connectivity index (χ4n) is 2.19. The molecule has 1 aliphatic rings. The topological polar surface area (TPSA) is 97.5 Å². The molecule has 0 saturated carbocycles. The maximum Gasteiger partial charge on any atom is 0.340 e. The van der Waals surface area contributed by atoms with Crippen LogP contribution in [-0.2, 0) is 9.53 Å². The molecule has 1 saturated heterocycles. The lowest BCUT2D eigenvalue weighted by molar-refractivity contribution is -0.128. The number of pyridine rings is 1. The third kappa shape index (κ3) is 3.84. The van der Waals surface area contributed by atoms with Gasteiger partial charge in [-0.2, -0.15) is 0 Å². The maximum absolute atomic E-state index is 11.9. The summed E-state index contributed by atoms with van der Waals surface area (Å²) < 4.78 is 4.92. The summed E-state index contributed by atoms with van der Waals surface area (Å²) in [7, 11) is 0. The van der Waals surface area contributed by atoms with Gasteiger partial charge in [-0.15, -0.1) is 0 Å². The molecule has 0 atom stereocenters. The molecular formula is C14H20N4O3. The van der Waals surface area contributed by atoms with Crippen molar-refractivity contribution in [2.45, 2.75) is 19.8 Å². The second-order valence-corrected chi connectivity index (χ2v) is 4.82. The molecule has 0 bridgehead atoms. The molecule has 1 aromatic rings. The zero-order valence-corrected chi connectivity index (χ0v) is 12.1. The van der Waals surface area contributed by atoms with Gasteiger partial charge in [0.1, 0.15) is 5.82 Å². The minimum atomic E-state index is -0.494. The number of anilines is 2. The SMILES string of the molecule is CCOC(=O)c1cc(NCC(=O)N2CCCC2)ncc1N. The summed E-state index contributed by atoms with van der Waals surface area (Å²) in [6, 6.07) is 1.50. The van der Waals surface area contributed by atoms with Gasteiger partial charge in [0, 0.05) is 13.1 Å². The van der Waals surface area contributed by atoms with Crippen LogP contribution in [0.15, 0.2) is 12.3 Å². The normalized spacial score (nSPS) is 14.0. The number of hydrogen-bond donors (Lipinski definition) is 2. The van der Waals surface area contributed by atoms with Crippen molar-refractivity contribution in [3.05, 3.63) is 17.8 Å². The Balaban J connectivity index is 1.98. The Hall–Kier alpha value is -2.31. The van der Waals surface area contributed by atoms with Gasteiger partial charge in [0.05, 0.1) is 30.6 Å². The van der Waals surface area contributed by atoms with Crippen molar-refractivity contribution in [3.8, 4) is 0 Å². The molecule has 0 radical (unpaired) electrons. The Morgan fingerprint density at radius 3 is 2.81 bits per heavy atom. The molecule has 7 heteroatoms. The second kappa shape index (κ2) is 6.92. The maximum atomic E-state index is 11.9. The zero-order valence-electron chi connectivity index (χ0n) is 12.1. The van der Waals surface area contributed by atoms with Crippen molar-refractivity contribution in [3.63, 3.8) is 0 Å². The Kier molecular flexibility index (Phi) is 4.97. The van der Waals surface area contributed by atoms with E-state index in [9.17, 15) is 9.59 Å². The van der Waals surface area contributed by atoms with Crippen LogP contribution in [0.25, 0.3) is 0 Å². The summed E-state index contributed by atoms with van der Waals surface area (Å²) in [5.41, 5.74) is 6.22. The number of amides is 1. The number of esters is 1. The summed E-state index contributed by atoms with van der Waals surface area (Å²) >= 11 is 0. The highest BCUT2D eigenvalue weighted by atomic mass is 16.5. The van der Waals surface area contributed by atoms with Crippen molar-refractivity contribution >= 4 is 23.4 Å². The van der Waals surface area contributed by atoms with Crippen LogP contribution in [0.2, 0.25) is 0 Å². The average molecular weight is 292 g/mol. The van der Waals surface area contributed by atoms with E-state index < -0.39 is 5.97 Å². The summed E-state index contributed by atoms with van der Waals surface area (Å²) in [6.45, 7) is 3.77. The molecule has 2 rings (SSSR count). The summed E-state index contributed by atoms with van der Waals surface area (Å²) in [4.78, 5) is 29.5. The first-order chi connectivity index (χ1) is 10.1. The quantitative estimate of drug-likeness (QED) is 0.782. The minimum Gasteiger partial charge on any atom is -0.462 e. The lowest BCUT2D eigenvalue weighted by Crippen LogP contribution is -2.33. The highest BCUT2D eigenvalue weighted by molar-refractivity contribution is 5.95. The predicted octanol–water partition coefficient (Wildman–Crippen LogP) is 0.875. The van der Waals surface area contributed by atoms with E-state index in [1.807, 2.05) is 4.90 Å². The Morgan fingerprint density at radius 1 is 1.43 bits per heavy atom. The molecule has 21 heavy (non-hydrogen) atoms. The van der Waals surface area contributed by atoms with Crippen molar-refractivity contribution < 1.29 is 14.3 Å². The third-order valence-electron chi connectivity index (χ3n) is 3.31. The Bertz CT molecular complexity index is 527. The van der Waals surface area contributed by atoms with Gasteiger partial charge >= 0.3 is 5.97 Å². The number of nitrogens with two attached hydrogens (primary N) is 1. The van der Waals surface area contributed by atoms with Crippen molar-refractivity contribution in [1.29, 1.82) is 0 Å². The molecule has 0 spiro atoms. The number of rotatable bonds is 5. The molecule has 114 valence electrons. The van der Waals surface area contributed by atoms with Crippen LogP contribution in [0, 0.1) is 0 Å². The molecular weight excluding hydrogens is 272 g/mol. The van der Waals surface area contributed by atoms with Gasteiger partial charge in [0.25, 0.3) is 0 Å². The van der Waals surface area contributed by atoms with E-state index in [4.69, 9.17) is 10.5 Å². The summed E-state index contributed by atoms with van der Waals surface area (Å²) in [5.74, 6) is -0.0325. The van der Waals surface area contributed by atoms with Crippen LogP contribution >= 0.6 is 0 Å². The van der Waals surface area contributed by atoms with Crippen LogP contribution in [-0.4, -0.2) is 48.0 Å². The van der Waals surface area contributed by atoms with E-state index in [1.54, 1.807) is 6.92 Å².